The molecule has 0 rings (SSSR count). The Morgan fingerprint density at radius 2 is 1.93 bits per heavy atom. The van der Waals surface area contributed by atoms with Crippen LogP contribution in [0, 0.1) is 0 Å². The zero-order valence-electron chi connectivity index (χ0n) is 9.59. The maximum absolute atomic E-state index is 10.9. The highest BCUT2D eigenvalue weighted by atomic mass is 16.5. The second-order valence-electron chi connectivity index (χ2n) is 3.69. The van der Waals surface area contributed by atoms with Gasteiger partial charge in [-0.2, -0.15) is 0 Å². The molecule has 0 aliphatic heterocycles. The summed E-state index contributed by atoms with van der Waals surface area (Å²) in [6.07, 6.45) is 6.89. The molecule has 2 nitrogen and oxygen atoms in total. The van der Waals surface area contributed by atoms with E-state index in [0.717, 1.165) is 24.8 Å². The monoisotopic (exact) mass is 196 g/mol. The quantitative estimate of drug-likeness (QED) is 0.292. The Hall–Kier alpha value is -1.05. The predicted molar refractivity (Wildman–Crippen MR) is 59.1 cm³/mol. The van der Waals surface area contributed by atoms with Gasteiger partial charge in [0.1, 0.15) is 0 Å². The Bertz CT molecular complexity index is 233. The molecule has 0 aliphatic carbocycles. The Labute approximate surface area is 86.6 Å². The van der Waals surface area contributed by atoms with Gasteiger partial charge in [-0.25, -0.2) is 4.79 Å². The van der Waals surface area contributed by atoms with Crippen molar-refractivity contribution in [3.63, 3.8) is 0 Å². The molecule has 0 aromatic heterocycles. The first-order chi connectivity index (χ1) is 6.56. The van der Waals surface area contributed by atoms with Crippen LogP contribution in [0.5, 0.6) is 0 Å². The third-order valence-electron chi connectivity index (χ3n) is 1.89. The van der Waals surface area contributed by atoms with Crippen molar-refractivity contribution < 1.29 is 9.53 Å². The third kappa shape index (κ3) is 7.59. The number of rotatable bonds is 5. The summed E-state index contributed by atoms with van der Waals surface area (Å²) in [6, 6.07) is 0. The first-order valence-corrected chi connectivity index (χ1v) is 4.94. The molecule has 0 spiro atoms. The first-order valence-electron chi connectivity index (χ1n) is 4.94. The van der Waals surface area contributed by atoms with Gasteiger partial charge in [0.05, 0.1) is 7.11 Å². The van der Waals surface area contributed by atoms with E-state index in [0.29, 0.717) is 0 Å². The summed E-state index contributed by atoms with van der Waals surface area (Å²) in [6.45, 7) is 6.15. The molecule has 0 radical (unpaired) electrons. The van der Waals surface area contributed by atoms with Gasteiger partial charge in [0.2, 0.25) is 0 Å². The minimum Gasteiger partial charge on any atom is -0.466 e. The number of methoxy groups -OCH3 is 1. The highest BCUT2D eigenvalue weighted by Gasteiger charge is 1.95. The number of allylic oxidation sites excluding steroid dienone is 3. The molecule has 0 fully saturated rings. The van der Waals surface area contributed by atoms with E-state index in [2.05, 4.69) is 24.7 Å². The Kier molecular flexibility index (Phi) is 6.81. The lowest BCUT2D eigenvalue weighted by Crippen LogP contribution is -1.95. The van der Waals surface area contributed by atoms with Crippen molar-refractivity contribution in [2.75, 3.05) is 7.11 Å². The minimum absolute atomic E-state index is 0.260. The Morgan fingerprint density at radius 3 is 2.43 bits per heavy atom. The van der Waals surface area contributed by atoms with Crippen molar-refractivity contribution in [2.45, 2.75) is 40.0 Å². The van der Waals surface area contributed by atoms with Crippen molar-refractivity contribution >= 4 is 5.97 Å². The van der Waals surface area contributed by atoms with E-state index in [1.807, 2.05) is 6.92 Å². The molecule has 0 aromatic rings. The largest absolute Gasteiger partial charge is 0.466 e. The lowest BCUT2D eigenvalue weighted by molar-refractivity contribution is -0.134. The van der Waals surface area contributed by atoms with Gasteiger partial charge in [0, 0.05) is 6.08 Å². The average Bonchev–Trinajstić information content (AvgIpc) is 2.12. The summed E-state index contributed by atoms with van der Waals surface area (Å²) in [4.78, 5) is 10.9. The van der Waals surface area contributed by atoms with Crippen molar-refractivity contribution in [1.29, 1.82) is 0 Å². The van der Waals surface area contributed by atoms with E-state index in [4.69, 9.17) is 0 Å². The molecule has 0 unspecified atom stereocenters. The summed E-state index contributed by atoms with van der Waals surface area (Å²) < 4.78 is 4.54. The summed E-state index contributed by atoms with van der Waals surface area (Å²) in [5, 5.41) is 0. The van der Waals surface area contributed by atoms with Crippen LogP contribution in [0.1, 0.15) is 40.0 Å². The maximum atomic E-state index is 10.9. The molecule has 14 heavy (non-hydrogen) atoms. The number of hydrogen-bond acceptors (Lipinski definition) is 2. The van der Waals surface area contributed by atoms with E-state index < -0.39 is 0 Å². The van der Waals surface area contributed by atoms with E-state index in [9.17, 15) is 4.79 Å². The lowest BCUT2D eigenvalue weighted by atomic mass is 10.1. The van der Waals surface area contributed by atoms with Crippen LogP contribution in [-0.2, 0) is 9.53 Å². The van der Waals surface area contributed by atoms with E-state index in [1.54, 1.807) is 6.08 Å². The van der Waals surface area contributed by atoms with Crippen molar-refractivity contribution in [3.8, 4) is 0 Å². The number of carbonyl (C=O) groups is 1. The molecule has 0 N–H and O–H groups in total. The van der Waals surface area contributed by atoms with Gasteiger partial charge in [0.25, 0.3) is 0 Å². The van der Waals surface area contributed by atoms with E-state index in [1.165, 1.54) is 12.7 Å². The highest BCUT2D eigenvalue weighted by molar-refractivity contribution is 5.82. The fraction of sp³-hybridized carbons (Fsp3) is 0.583. The molecule has 0 saturated carbocycles. The van der Waals surface area contributed by atoms with Gasteiger partial charge in [-0.1, -0.05) is 17.2 Å². The average molecular weight is 196 g/mol. The molecule has 0 atom stereocenters. The van der Waals surface area contributed by atoms with Crippen molar-refractivity contribution in [2.24, 2.45) is 0 Å². The van der Waals surface area contributed by atoms with Crippen LogP contribution in [0.2, 0.25) is 0 Å². The molecular formula is C12H20O2. The lowest BCUT2D eigenvalue weighted by Gasteiger charge is -1.99. The molecular weight excluding hydrogens is 176 g/mol. The van der Waals surface area contributed by atoms with Gasteiger partial charge >= 0.3 is 5.97 Å². The number of carbonyl (C=O) groups excluding carboxylic acids is 1. The molecule has 0 aliphatic rings. The molecule has 0 amide bonds. The van der Waals surface area contributed by atoms with Gasteiger partial charge < -0.3 is 4.74 Å². The minimum atomic E-state index is -0.260. The van der Waals surface area contributed by atoms with Crippen molar-refractivity contribution in [3.05, 3.63) is 23.3 Å². The summed E-state index contributed by atoms with van der Waals surface area (Å²) in [7, 11) is 1.40. The Morgan fingerprint density at radius 1 is 1.29 bits per heavy atom. The summed E-state index contributed by atoms with van der Waals surface area (Å²) in [5.41, 5.74) is 2.43. The van der Waals surface area contributed by atoms with Gasteiger partial charge in [-0.15, -0.1) is 0 Å². The fourth-order valence-corrected chi connectivity index (χ4v) is 1.10. The second kappa shape index (κ2) is 7.36. The highest BCUT2D eigenvalue weighted by Crippen LogP contribution is 2.08. The number of esters is 1. The first kappa shape index (κ1) is 12.9. The van der Waals surface area contributed by atoms with Gasteiger partial charge in [-0.3, -0.25) is 0 Å². The summed E-state index contributed by atoms with van der Waals surface area (Å²) in [5.74, 6) is -0.260. The molecule has 0 aromatic carbocycles. The van der Waals surface area contributed by atoms with Crippen molar-refractivity contribution in [1.82, 2.24) is 0 Å². The van der Waals surface area contributed by atoms with Crippen LogP contribution < -0.4 is 0 Å². The Balaban J connectivity index is 3.74. The van der Waals surface area contributed by atoms with Crippen LogP contribution in [0.3, 0.4) is 0 Å². The van der Waals surface area contributed by atoms with Crippen LogP contribution in [0.15, 0.2) is 23.3 Å². The number of hydrogen-bond donors (Lipinski definition) is 0. The van der Waals surface area contributed by atoms with Crippen LogP contribution in [0.4, 0.5) is 0 Å². The SMILES string of the molecule is COC(=O)/C=C(\C)CCCC=C(C)C. The summed E-state index contributed by atoms with van der Waals surface area (Å²) >= 11 is 0. The van der Waals surface area contributed by atoms with E-state index in [-0.39, 0.29) is 5.97 Å². The maximum Gasteiger partial charge on any atom is 0.330 e. The van der Waals surface area contributed by atoms with E-state index >= 15 is 0 Å². The molecule has 80 valence electrons. The predicted octanol–water partition coefficient (Wildman–Crippen LogP) is 3.24. The smallest absolute Gasteiger partial charge is 0.330 e. The van der Waals surface area contributed by atoms with Gasteiger partial charge in [-0.05, 0) is 40.0 Å². The molecule has 0 bridgehead atoms. The third-order valence-corrected chi connectivity index (χ3v) is 1.89. The normalized spacial score (nSPS) is 11.0. The molecule has 0 heterocycles. The number of unbranched alkanes of at least 4 members (excludes halogenated alkanes) is 1. The van der Waals surface area contributed by atoms with Gasteiger partial charge in [0.15, 0.2) is 0 Å². The zero-order valence-corrected chi connectivity index (χ0v) is 9.59. The topological polar surface area (TPSA) is 26.3 Å². The second-order valence-corrected chi connectivity index (χ2v) is 3.69. The van der Waals surface area contributed by atoms with Crippen LogP contribution in [-0.4, -0.2) is 13.1 Å². The standard InChI is InChI=1S/C12H20O2/c1-10(2)7-5-6-8-11(3)9-12(13)14-4/h7,9H,5-6,8H2,1-4H3/b11-9+. The number of ether oxygens (including phenoxy) is 1. The van der Waals surface area contributed by atoms with Crippen LogP contribution in [0.25, 0.3) is 0 Å². The zero-order chi connectivity index (χ0) is 11.0. The molecule has 0 saturated heterocycles. The van der Waals surface area contributed by atoms with Crippen LogP contribution >= 0.6 is 0 Å². The fourth-order valence-electron chi connectivity index (χ4n) is 1.10. The molecule has 2 heteroatoms.